The average molecular weight is 705 g/mol. The Morgan fingerprint density at radius 1 is 0.640 bits per heavy atom. The topological polar surface area (TPSA) is 152 Å². The second-order valence-electron chi connectivity index (χ2n) is 12.3. The van der Waals surface area contributed by atoms with Crippen molar-refractivity contribution in [2.45, 2.75) is 147 Å². The summed E-state index contributed by atoms with van der Waals surface area (Å²) in [6.07, 6.45) is 29.2. The van der Waals surface area contributed by atoms with Crippen molar-refractivity contribution in [2.75, 3.05) is 19.8 Å². The number of carbonyl (C=O) groups excluding carboxylic acids is 2. The van der Waals surface area contributed by atoms with Crippen molar-refractivity contribution in [3.63, 3.8) is 0 Å². The molecule has 0 saturated carbocycles. The van der Waals surface area contributed by atoms with E-state index in [0.29, 0.717) is 12.8 Å². The van der Waals surface area contributed by atoms with Crippen molar-refractivity contribution in [1.29, 1.82) is 0 Å². The molecule has 284 valence electrons. The van der Waals surface area contributed by atoms with E-state index in [-0.39, 0.29) is 26.1 Å². The molecule has 0 aromatic rings. The normalized spacial score (nSPS) is 22.2. The lowest BCUT2D eigenvalue weighted by molar-refractivity contribution is -0.305. The van der Waals surface area contributed by atoms with E-state index in [1.54, 1.807) is 0 Å². The summed E-state index contributed by atoms with van der Waals surface area (Å²) in [5.74, 6) is -0.889. The zero-order valence-corrected chi connectivity index (χ0v) is 30.4. The standard InChI is InChI=1S/C40H64O10/c1-3-5-7-9-11-13-15-17-19-21-23-25-27-29-36(43)49-33(32-48-40-39(46)38(45)37(44)34(30-41)50-40)31-47-35(42)28-26-24-22-20-18-16-14-12-10-8-6-4-2/h5-9,11-15,18,20,33-34,37-41,44-46H,3-4,10,16-17,19,21-32H2,1-2H3/b7-5+,8-6+,11-9+,14-12+,15-13+,20-18+/t33?,34-,37+,38?,39?,40-/m1/s1. The number of rotatable bonds is 28. The molecule has 0 bridgehead atoms. The van der Waals surface area contributed by atoms with Gasteiger partial charge in [0, 0.05) is 12.8 Å². The number of carbonyl (C=O) groups is 2. The Morgan fingerprint density at radius 2 is 1.22 bits per heavy atom. The highest BCUT2D eigenvalue weighted by atomic mass is 16.7. The van der Waals surface area contributed by atoms with Crippen LogP contribution in [-0.2, 0) is 28.5 Å². The molecule has 1 aliphatic rings. The van der Waals surface area contributed by atoms with Crippen LogP contribution in [0.1, 0.15) is 110 Å². The van der Waals surface area contributed by atoms with Gasteiger partial charge in [-0.15, -0.1) is 0 Å². The second kappa shape index (κ2) is 30.9. The number of unbranched alkanes of at least 4 members (excludes halogenated alkanes) is 7. The van der Waals surface area contributed by atoms with E-state index in [1.165, 1.54) is 0 Å². The van der Waals surface area contributed by atoms with Gasteiger partial charge in [0.1, 0.15) is 31.0 Å². The molecule has 6 atom stereocenters. The van der Waals surface area contributed by atoms with Crippen LogP contribution in [0.5, 0.6) is 0 Å². The fraction of sp³-hybridized carbons (Fsp3) is 0.650. The molecule has 0 spiro atoms. The molecule has 0 aliphatic carbocycles. The Kier molecular flexibility index (Phi) is 27.9. The largest absolute Gasteiger partial charge is 0.462 e. The van der Waals surface area contributed by atoms with E-state index >= 15 is 0 Å². The molecule has 0 aromatic heterocycles. The minimum Gasteiger partial charge on any atom is -0.462 e. The zero-order valence-electron chi connectivity index (χ0n) is 30.4. The maximum Gasteiger partial charge on any atom is 0.306 e. The summed E-state index contributed by atoms with van der Waals surface area (Å²) < 4.78 is 22.0. The van der Waals surface area contributed by atoms with Crippen LogP contribution in [0.25, 0.3) is 0 Å². The van der Waals surface area contributed by atoms with Gasteiger partial charge in [0.15, 0.2) is 12.4 Å². The highest BCUT2D eigenvalue weighted by Crippen LogP contribution is 2.22. The quantitative estimate of drug-likeness (QED) is 0.0308. The lowest BCUT2D eigenvalue weighted by atomic mass is 9.99. The summed E-state index contributed by atoms with van der Waals surface area (Å²) in [5.41, 5.74) is 0. The highest BCUT2D eigenvalue weighted by molar-refractivity contribution is 5.70. The summed E-state index contributed by atoms with van der Waals surface area (Å²) in [6.45, 7) is 3.06. The molecular formula is C40H64O10. The summed E-state index contributed by atoms with van der Waals surface area (Å²) in [7, 11) is 0. The molecule has 50 heavy (non-hydrogen) atoms. The molecule has 10 nitrogen and oxygen atoms in total. The van der Waals surface area contributed by atoms with E-state index in [1.807, 2.05) is 18.2 Å². The van der Waals surface area contributed by atoms with Gasteiger partial charge in [-0.2, -0.15) is 0 Å². The maximum absolute atomic E-state index is 12.7. The highest BCUT2D eigenvalue weighted by Gasteiger charge is 2.44. The molecule has 10 heteroatoms. The zero-order chi connectivity index (χ0) is 36.7. The van der Waals surface area contributed by atoms with Crippen molar-refractivity contribution in [3.8, 4) is 0 Å². The van der Waals surface area contributed by atoms with Gasteiger partial charge in [-0.1, -0.05) is 106 Å². The minimum absolute atomic E-state index is 0.194. The fourth-order valence-electron chi connectivity index (χ4n) is 4.96. The van der Waals surface area contributed by atoms with Gasteiger partial charge < -0.3 is 39.4 Å². The summed E-state index contributed by atoms with van der Waals surface area (Å²) in [5, 5.41) is 39.9. The SMILES string of the molecule is CC/C=C/C=C/C=C/CCCCCCCC(=O)OC(COC(=O)CCCC/C=C/C/C=C/C/C=C/CC)CO[C@@H]1O[C@H](CO)[C@H](O)C(O)C1O. The molecule has 1 rings (SSSR count). The average Bonchev–Trinajstić information content (AvgIpc) is 3.11. The summed E-state index contributed by atoms with van der Waals surface area (Å²) in [6, 6.07) is 0. The van der Waals surface area contributed by atoms with E-state index < -0.39 is 55.4 Å². The molecule has 1 heterocycles. The maximum atomic E-state index is 12.7. The van der Waals surface area contributed by atoms with E-state index in [4.69, 9.17) is 18.9 Å². The molecule has 1 aliphatic heterocycles. The van der Waals surface area contributed by atoms with Crippen LogP contribution in [0.4, 0.5) is 0 Å². The molecule has 0 radical (unpaired) electrons. The van der Waals surface area contributed by atoms with E-state index in [9.17, 15) is 30.0 Å². The van der Waals surface area contributed by atoms with Gasteiger partial charge in [0.25, 0.3) is 0 Å². The van der Waals surface area contributed by atoms with Crippen LogP contribution in [0, 0.1) is 0 Å². The van der Waals surface area contributed by atoms with E-state index in [2.05, 4.69) is 68.5 Å². The van der Waals surface area contributed by atoms with Crippen molar-refractivity contribution in [3.05, 3.63) is 72.9 Å². The molecule has 1 saturated heterocycles. The fourth-order valence-corrected chi connectivity index (χ4v) is 4.96. The van der Waals surface area contributed by atoms with Crippen LogP contribution in [0.3, 0.4) is 0 Å². The molecular weight excluding hydrogens is 640 g/mol. The van der Waals surface area contributed by atoms with Gasteiger partial charge in [-0.3, -0.25) is 9.59 Å². The third kappa shape index (κ3) is 22.8. The number of aliphatic hydroxyl groups excluding tert-OH is 4. The number of ether oxygens (including phenoxy) is 4. The summed E-state index contributed by atoms with van der Waals surface area (Å²) >= 11 is 0. The first-order valence-corrected chi connectivity index (χ1v) is 18.5. The molecule has 1 fully saturated rings. The van der Waals surface area contributed by atoms with Gasteiger partial charge in [0.05, 0.1) is 13.2 Å². The first kappa shape index (κ1) is 45.2. The minimum atomic E-state index is -1.61. The summed E-state index contributed by atoms with van der Waals surface area (Å²) in [4.78, 5) is 25.1. The van der Waals surface area contributed by atoms with Gasteiger partial charge in [-0.05, 0) is 64.2 Å². The Hall–Kier alpha value is -2.86. The lowest BCUT2D eigenvalue weighted by Gasteiger charge is -2.39. The molecule has 0 aromatic carbocycles. The Bertz CT molecular complexity index is 1040. The lowest BCUT2D eigenvalue weighted by Crippen LogP contribution is -2.59. The number of aliphatic hydroxyl groups is 4. The number of hydrogen-bond acceptors (Lipinski definition) is 10. The third-order valence-electron chi connectivity index (χ3n) is 7.90. The molecule has 0 amide bonds. The smallest absolute Gasteiger partial charge is 0.306 e. The van der Waals surface area contributed by atoms with Crippen LogP contribution in [0.15, 0.2) is 72.9 Å². The van der Waals surface area contributed by atoms with Crippen molar-refractivity contribution >= 4 is 11.9 Å². The number of allylic oxidation sites excluding steroid dienone is 12. The first-order valence-electron chi connectivity index (χ1n) is 18.5. The van der Waals surface area contributed by atoms with Crippen LogP contribution >= 0.6 is 0 Å². The van der Waals surface area contributed by atoms with Crippen molar-refractivity contribution in [2.24, 2.45) is 0 Å². The van der Waals surface area contributed by atoms with Crippen LogP contribution in [-0.4, -0.2) is 89.0 Å². The first-order chi connectivity index (χ1) is 24.3. The van der Waals surface area contributed by atoms with Gasteiger partial charge in [-0.25, -0.2) is 0 Å². The predicted octanol–water partition coefficient (Wildman–Crippen LogP) is 6.49. The van der Waals surface area contributed by atoms with Gasteiger partial charge in [0.2, 0.25) is 0 Å². The van der Waals surface area contributed by atoms with Crippen LogP contribution in [0.2, 0.25) is 0 Å². The molecule has 4 N–H and O–H groups in total. The van der Waals surface area contributed by atoms with Crippen molar-refractivity contribution < 1.29 is 49.0 Å². The second-order valence-corrected chi connectivity index (χ2v) is 12.3. The number of esters is 2. The van der Waals surface area contributed by atoms with Crippen molar-refractivity contribution in [1.82, 2.24) is 0 Å². The number of hydrogen-bond donors (Lipinski definition) is 4. The Morgan fingerprint density at radius 3 is 1.94 bits per heavy atom. The van der Waals surface area contributed by atoms with E-state index in [0.717, 1.165) is 70.6 Å². The van der Waals surface area contributed by atoms with Crippen LogP contribution < -0.4 is 0 Å². The Balaban J connectivity index is 2.47. The third-order valence-corrected chi connectivity index (χ3v) is 7.90. The predicted molar refractivity (Wildman–Crippen MR) is 196 cm³/mol. The molecule has 3 unspecified atom stereocenters. The Labute approximate surface area is 300 Å². The van der Waals surface area contributed by atoms with Gasteiger partial charge >= 0.3 is 11.9 Å². The monoisotopic (exact) mass is 704 g/mol.